The molecule has 6 heteroatoms. The molecule has 0 saturated carbocycles. The molecular weight excluding hydrogens is 349 g/mol. The van der Waals surface area contributed by atoms with Crippen molar-refractivity contribution in [2.24, 2.45) is 0 Å². The lowest BCUT2D eigenvalue weighted by molar-refractivity contribution is 0.499. The maximum atomic E-state index is 14.6. The number of nitrogens with one attached hydrogen (secondary N) is 1. The Labute approximate surface area is 154 Å². The Morgan fingerprint density at radius 3 is 2.85 bits per heavy atom. The second-order valence-corrected chi connectivity index (χ2v) is 7.75. The summed E-state index contributed by atoms with van der Waals surface area (Å²) in [6.45, 7) is 0. The summed E-state index contributed by atoms with van der Waals surface area (Å²) >= 11 is 0. The van der Waals surface area contributed by atoms with Crippen LogP contribution in [0, 0.1) is 5.82 Å². The summed E-state index contributed by atoms with van der Waals surface area (Å²) in [5.74, 6) is -0.301. The average molecular weight is 369 g/mol. The second kappa shape index (κ2) is 7.13. The summed E-state index contributed by atoms with van der Waals surface area (Å²) in [5.41, 5.74) is 3.38. The van der Waals surface area contributed by atoms with Crippen LogP contribution in [0.4, 0.5) is 4.39 Å². The third-order valence-corrected chi connectivity index (χ3v) is 6.19. The van der Waals surface area contributed by atoms with Crippen molar-refractivity contribution >= 4 is 11.0 Å². The van der Waals surface area contributed by atoms with Crippen LogP contribution in [0.1, 0.15) is 30.0 Å². The second-order valence-electron chi connectivity index (χ2n) is 6.39. The predicted molar refractivity (Wildman–Crippen MR) is 101 cm³/mol. The molecule has 2 unspecified atom stereocenters. The van der Waals surface area contributed by atoms with Gasteiger partial charge in [0, 0.05) is 30.2 Å². The standard InChI is InChI=1S/C20H20FN3OS/c1-22-19-10-4-8-15-17(19)13-24(26(25)14-6-5-11-23-12-14)20(15)16-7-2-3-9-18(16)21/h2-3,5-7,9,11-13,19,22H,4,8,10H2,1H3. The van der Waals surface area contributed by atoms with Crippen LogP contribution < -0.4 is 5.32 Å². The van der Waals surface area contributed by atoms with E-state index in [1.807, 2.05) is 19.3 Å². The first-order chi connectivity index (χ1) is 12.7. The molecule has 0 radical (unpaired) electrons. The van der Waals surface area contributed by atoms with Gasteiger partial charge in [-0.2, -0.15) is 0 Å². The number of benzene rings is 1. The monoisotopic (exact) mass is 369 g/mol. The number of fused-ring (bicyclic) bond motifs is 1. The zero-order chi connectivity index (χ0) is 18.1. The molecule has 1 aromatic carbocycles. The van der Waals surface area contributed by atoms with Gasteiger partial charge < -0.3 is 5.32 Å². The van der Waals surface area contributed by atoms with Gasteiger partial charge in [-0.15, -0.1) is 0 Å². The molecule has 0 aliphatic heterocycles. The van der Waals surface area contributed by atoms with E-state index in [1.54, 1.807) is 40.6 Å². The van der Waals surface area contributed by atoms with E-state index < -0.39 is 11.0 Å². The molecule has 0 fully saturated rings. The summed E-state index contributed by atoms with van der Waals surface area (Å²) in [4.78, 5) is 4.67. The number of aromatic nitrogens is 2. The van der Waals surface area contributed by atoms with Crippen LogP contribution >= 0.6 is 0 Å². The zero-order valence-corrected chi connectivity index (χ0v) is 15.3. The Morgan fingerprint density at radius 2 is 2.12 bits per heavy atom. The van der Waals surface area contributed by atoms with Crippen molar-refractivity contribution in [1.29, 1.82) is 0 Å². The van der Waals surface area contributed by atoms with Gasteiger partial charge in [-0.1, -0.05) is 12.1 Å². The molecule has 0 saturated heterocycles. The molecule has 4 nitrogen and oxygen atoms in total. The number of hydrogen-bond donors (Lipinski definition) is 1. The number of hydrogen-bond acceptors (Lipinski definition) is 3. The van der Waals surface area contributed by atoms with Gasteiger partial charge in [-0.3, -0.25) is 8.96 Å². The molecule has 0 amide bonds. The highest BCUT2D eigenvalue weighted by molar-refractivity contribution is 7.83. The van der Waals surface area contributed by atoms with Crippen molar-refractivity contribution < 1.29 is 8.60 Å². The summed E-state index contributed by atoms with van der Waals surface area (Å²) in [6, 6.07) is 10.4. The van der Waals surface area contributed by atoms with Gasteiger partial charge in [0.25, 0.3) is 0 Å². The van der Waals surface area contributed by atoms with Crippen molar-refractivity contribution in [2.75, 3.05) is 7.05 Å². The van der Waals surface area contributed by atoms with E-state index in [1.165, 1.54) is 6.07 Å². The van der Waals surface area contributed by atoms with Crippen molar-refractivity contribution in [3.05, 3.63) is 71.9 Å². The van der Waals surface area contributed by atoms with Gasteiger partial charge >= 0.3 is 0 Å². The Balaban J connectivity index is 1.95. The number of pyridine rings is 1. The highest BCUT2D eigenvalue weighted by atomic mass is 32.2. The van der Waals surface area contributed by atoms with Crippen LogP contribution in [-0.4, -0.2) is 20.2 Å². The third kappa shape index (κ3) is 2.89. The molecule has 1 aliphatic rings. The van der Waals surface area contributed by atoms with Gasteiger partial charge in [-0.05, 0) is 61.7 Å². The molecule has 1 aliphatic carbocycles. The van der Waals surface area contributed by atoms with E-state index in [4.69, 9.17) is 0 Å². The SMILES string of the molecule is CNC1CCCc2c1cn(S(=O)c1cccnc1)c2-c1ccccc1F. The third-order valence-electron chi connectivity index (χ3n) is 4.90. The van der Waals surface area contributed by atoms with E-state index in [2.05, 4.69) is 10.3 Å². The lowest BCUT2D eigenvalue weighted by Gasteiger charge is -2.22. The molecule has 26 heavy (non-hydrogen) atoms. The van der Waals surface area contributed by atoms with Crippen LogP contribution in [0.25, 0.3) is 11.3 Å². The minimum atomic E-state index is -1.49. The minimum Gasteiger partial charge on any atom is -0.313 e. The van der Waals surface area contributed by atoms with Crippen molar-refractivity contribution in [1.82, 2.24) is 14.3 Å². The van der Waals surface area contributed by atoms with Crippen LogP contribution in [-0.2, 0) is 17.4 Å². The summed E-state index contributed by atoms with van der Waals surface area (Å²) in [7, 11) is 0.439. The van der Waals surface area contributed by atoms with E-state index in [0.717, 1.165) is 30.4 Å². The Morgan fingerprint density at radius 1 is 1.27 bits per heavy atom. The highest BCUT2D eigenvalue weighted by Crippen LogP contribution is 2.39. The lowest BCUT2D eigenvalue weighted by atomic mass is 9.88. The highest BCUT2D eigenvalue weighted by Gasteiger charge is 2.29. The first-order valence-corrected chi connectivity index (χ1v) is 9.80. The molecular formula is C20H20FN3OS. The Hall–Kier alpha value is -2.31. The molecule has 2 heterocycles. The summed E-state index contributed by atoms with van der Waals surface area (Å²) < 4.78 is 29.6. The molecule has 2 aromatic heterocycles. The summed E-state index contributed by atoms with van der Waals surface area (Å²) in [5, 5.41) is 3.33. The van der Waals surface area contributed by atoms with E-state index in [-0.39, 0.29) is 11.9 Å². The van der Waals surface area contributed by atoms with Crippen LogP contribution in [0.15, 0.2) is 59.9 Å². The van der Waals surface area contributed by atoms with Crippen LogP contribution in [0.3, 0.4) is 0 Å². The van der Waals surface area contributed by atoms with Crippen LogP contribution in [0.5, 0.6) is 0 Å². The maximum absolute atomic E-state index is 14.6. The molecule has 2 atom stereocenters. The largest absolute Gasteiger partial charge is 0.313 e. The van der Waals surface area contributed by atoms with Gasteiger partial charge in [0.2, 0.25) is 0 Å². The first-order valence-electron chi connectivity index (χ1n) is 8.69. The topological polar surface area (TPSA) is 46.9 Å². The molecule has 0 spiro atoms. The fourth-order valence-corrected chi connectivity index (χ4v) is 4.83. The maximum Gasteiger partial charge on any atom is 0.158 e. The number of nitrogens with zero attached hydrogens (tertiary/aromatic N) is 2. The summed E-state index contributed by atoms with van der Waals surface area (Å²) in [6.07, 6.45) is 8.05. The van der Waals surface area contributed by atoms with Crippen molar-refractivity contribution in [2.45, 2.75) is 30.2 Å². The smallest absolute Gasteiger partial charge is 0.158 e. The van der Waals surface area contributed by atoms with Crippen molar-refractivity contribution in [3.63, 3.8) is 0 Å². The van der Waals surface area contributed by atoms with E-state index in [0.29, 0.717) is 16.2 Å². The lowest BCUT2D eigenvalue weighted by Crippen LogP contribution is -2.20. The number of rotatable bonds is 4. The minimum absolute atomic E-state index is 0.191. The predicted octanol–water partition coefficient (Wildman–Crippen LogP) is 3.86. The van der Waals surface area contributed by atoms with E-state index in [9.17, 15) is 8.60 Å². The first kappa shape index (κ1) is 17.1. The fraction of sp³-hybridized carbons (Fsp3) is 0.250. The van der Waals surface area contributed by atoms with Crippen LogP contribution in [0.2, 0.25) is 0 Å². The molecule has 134 valence electrons. The zero-order valence-electron chi connectivity index (χ0n) is 14.5. The quantitative estimate of drug-likeness (QED) is 0.760. The van der Waals surface area contributed by atoms with Gasteiger partial charge in [0.15, 0.2) is 11.0 Å². The molecule has 4 rings (SSSR count). The number of halogens is 1. The molecule has 1 N–H and O–H groups in total. The average Bonchev–Trinajstić information content (AvgIpc) is 3.08. The van der Waals surface area contributed by atoms with Gasteiger partial charge in [0.05, 0.1) is 10.6 Å². The van der Waals surface area contributed by atoms with Crippen molar-refractivity contribution in [3.8, 4) is 11.3 Å². The van der Waals surface area contributed by atoms with Gasteiger partial charge in [0.1, 0.15) is 5.82 Å². The Kier molecular flexibility index (Phi) is 4.70. The molecule has 3 aromatic rings. The molecule has 0 bridgehead atoms. The normalized spacial score (nSPS) is 17.7. The van der Waals surface area contributed by atoms with E-state index >= 15 is 0 Å². The Bertz CT molecular complexity index is 955. The fourth-order valence-electron chi connectivity index (χ4n) is 3.67. The van der Waals surface area contributed by atoms with Gasteiger partial charge in [-0.25, -0.2) is 8.60 Å².